The predicted molar refractivity (Wildman–Crippen MR) is 228 cm³/mol. The molecule has 5 aromatic rings. The molecule has 3 aliphatic heterocycles. The molecule has 0 bridgehead atoms. The van der Waals surface area contributed by atoms with Crippen LogP contribution in [-0.4, -0.2) is 87.6 Å². The van der Waals surface area contributed by atoms with Gasteiger partial charge in [0.05, 0.1) is 17.9 Å². The number of azide groups is 1. The van der Waals surface area contributed by atoms with E-state index in [0.717, 1.165) is 53.7 Å². The molecule has 3 aliphatic rings. The topological polar surface area (TPSA) is 167 Å². The Morgan fingerprint density at radius 2 is 1.42 bits per heavy atom. The van der Waals surface area contributed by atoms with Gasteiger partial charge in [-0.1, -0.05) is 84.8 Å². The number of hydrogen-bond donors (Lipinski definition) is 3. The van der Waals surface area contributed by atoms with E-state index in [0.29, 0.717) is 50.3 Å². The van der Waals surface area contributed by atoms with E-state index in [4.69, 9.17) is 5.53 Å². The average molecular weight is 792 g/mol. The smallest absolute Gasteiger partial charge is 0.247 e. The molecule has 0 radical (unpaired) electrons. The van der Waals surface area contributed by atoms with Crippen LogP contribution in [-0.2, 0) is 25.7 Å². The third-order valence-electron chi connectivity index (χ3n) is 12.0. The molecule has 4 heterocycles. The van der Waals surface area contributed by atoms with Crippen molar-refractivity contribution in [2.24, 2.45) is 11.0 Å². The van der Waals surface area contributed by atoms with Crippen molar-refractivity contribution in [3.05, 3.63) is 131 Å². The van der Waals surface area contributed by atoms with Gasteiger partial charge in [0.25, 0.3) is 0 Å². The third kappa shape index (κ3) is 8.72. The summed E-state index contributed by atoms with van der Waals surface area (Å²) in [6.07, 6.45) is 3.49. The van der Waals surface area contributed by atoms with Crippen molar-refractivity contribution in [3.8, 4) is 11.3 Å². The van der Waals surface area contributed by atoms with Crippen LogP contribution in [0.2, 0.25) is 0 Å². The number of carbonyl (C=O) groups excluding carboxylic acids is 4. The molecule has 3 N–H and O–H groups in total. The van der Waals surface area contributed by atoms with E-state index in [1.165, 1.54) is 5.56 Å². The highest BCUT2D eigenvalue weighted by Crippen LogP contribution is 2.32. The van der Waals surface area contributed by atoms with Gasteiger partial charge in [0.15, 0.2) is 0 Å². The van der Waals surface area contributed by atoms with E-state index < -0.39 is 24.0 Å². The van der Waals surface area contributed by atoms with Crippen molar-refractivity contribution < 1.29 is 19.2 Å². The molecule has 1 unspecified atom stereocenters. The fraction of sp³-hybridized carbons (Fsp3) is 0.348. The number of fused-ring (bicyclic) bond motifs is 1. The van der Waals surface area contributed by atoms with Crippen molar-refractivity contribution in [1.29, 1.82) is 0 Å². The molecule has 0 saturated carbocycles. The summed E-state index contributed by atoms with van der Waals surface area (Å²) in [5.41, 5.74) is 15.1. The normalized spacial score (nSPS) is 20.3. The summed E-state index contributed by atoms with van der Waals surface area (Å²) in [5, 5.41) is 10.8. The molecule has 3 saturated heterocycles. The number of likely N-dealkylation sites (tertiary alicyclic amines) is 3. The third-order valence-corrected chi connectivity index (χ3v) is 12.0. The second kappa shape index (κ2) is 17.6. The maximum Gasteiger partial charge on any atom is 0.247 e. The molecular weight excluding hydrogens is 743 g/mol. The number of aromatic nitrogens is 1. The number of aromatic amines is 1. The fourth-order valence-corrected chi connectivity index (χ4v) is 9.02. The zero-order valence-electron chi connectivity index (χ0n) is 33.2. The monoisotopic (exact) mass is 791 g/mol. The highest BCUT2D eigenvalue weighted by Gasteiger charge is 2.41. The summed E-state index contributed by atoms with van der Waals surface area (Å²) < 4.78 is 0. The largest absolute Gasteiger partial charge is 0.355 e. The summed E-state index contributed by atoms with van der Waals surface area (Å²) in [6.45, 7) is 5.18. The van der Waals surface area contributed by atoms with Gasteiger partial charge in [0, 0.05) is 59.1 Å². The Morgan fingerprint density at radius 3 is 2.14 bits per heavy atom. The van der Waals surface area contributed by atoms with Gasteiger partial charge in [-0.25, -0.2) is 0 Å². The molecular formula is C46H49N9O4. The molecule has 5 atom stereocenters. The van der Waals surface area contributed by atoms with Crippen molar-refractivity contribution in [2.45, 2.75) is 69.6 Å². The van der Waals surface area contributed by atoms with Crippen molar-refractivity contribution in [1.82, 2.24) is 19.7 Å². The SMILES string of the molecule is CC(N=[N+]=[N-])[C@@H](C(=O)N1CCC[C@H]1C(=O)Nc1ccc2[nH]c(-c3ccc(NC(=O)[C@@H]4CCCN4C(=O)[C@H]4CCN(Cc5ccccc5)C4)cc3)cc2c1)c1ccccc1. The van der Waals surface area contributed by atoms with Gasteiger partial charge in [-0.3, -0.25) is 24.1 Å². The van der Waals surface area contributed by atoms with E-state index in [1.54, 1.807) is 16.7 Å². The van der Waals surface area contributed by atoms with Crippen LogP contribution in [0.5, 0.6) is 0 Å². The number of carbonyl (C=O) groups is 4. The van der Waals surface area contributed by atoms with Crippen LogP contribution < -0.4 is 10.6 Å². The van der Waals surface area contributed by atoms with Crippen LogP contribution >= 0.6 is 0 Å². The van der Waals surface area contributed by atoms with Crippen LogP contribution in [0.1, 0.15) is 56.1 Å². The molecule has 13 heteroatoms. The van der Waals surface area contributed by atoms with Crippen molar-refractivity contribution >= 4 is 45.9 Å². The molecule has 0 spiro atoms. The van der Waals surface area contributed by atoms with Gasteiger partial charge >= 0.3 is 0 Å². The Hall–Kier alpha value is -6.43. The summed E-state index contributed by atoms with van der Waals surface area (Å²) in [7, 11) is 0. The minimum Gasteiger partial charge on any atom is -0.355 e. The van der Waals surface area contributed by atoms with Crippen LogP contribution in [0, 0.1) is 5.92 Å². The first kappa shape index (κ1) is 39.4. The van der Waals surface area contributed by atoms with Crippen LogP contribution in [0.4, 0.5) is 11.4 Å². The quantitative estimate of drug-likeness (QED) is 0.0668. The van der Waals surface area contributed by atoms with Gasteiger partial charge in [-0.15, -0.1) is 0 Å². The van der Waals surface area contributed by atoms with E-state index >= 15 is 0 Å². The Kier molecular flexibility index (Phi) is 11.8. The van der Waals surface area contributed by atoms with E-state index in [9.17, 15) is 19.2 Å². The van der Waals surface area contributed by atoms with Gasteiger partial charge in [0.2, 0.25) is 23.6 Å². The van der Waals surface area contributed by atoms with Gasteiger partial charge in [-0.05, 0) is 97.3 Å². The second-order valence-electron chi connectivity index (χ2n) is 16.0. The molecule has 4 aromatic carbocycles. The lowest BCUT2D eigenvalue weighted by Gasteiger charge is -2.30. The minimum absolute atomic E-state index is 0.0799. The van der Waals surface area contributed by atoms with E-state index in [-0.39, 0.29) is 29.5 Å². The van der Waals surface area contributed by atoms with Gasteiger partial charge in [-0.2, -0.15) is 0 Å². The predicted octanol–water partition coefficient (Wildman–Crippen LogP) is 7.70. The minimum atomic E-state index is -0.701. The Bertz CT molecular complexity index is 2360. The number of nitrogens with zero attached hydrogens (tertiary/aromatic N) is 6. The lowest BCUT2D eigenvalue weighted by molar-refractivity contribution is -0.139. The number of H-pyrrole nitrogens is 1. The molecule has 13 nitrogen and oxygen atoms in total. The van der Waals surface area contributed by atoms with Crippen LogP contribution in [0.3, 0.4) is 0 Å². The molecule has 0 aliphatic carbocycles. The molecule has 59 heavy (non-hydrogen) atoms. The second-order valence-corrected chi connectivity index (χ2v) is 16.0. The Labute approximate surface area is 343 Å². The summed E-state index contributed by atoms with van der Waals surface area (Å²) >= 11 is 0. The number of amides is 4. The standard InChI is InChI=1S/C46H49N9O4/c1-30(51-52-47)42(33-12-6-3-7-13-33)46(59)55-24-9-15-41(55)44(57)49-37-20-21-38-35(26-37)27-39(50-38)32-16-18-36(19-17-32)48-43(56)40-14-8-23-54(40)45(58)34-22-25-53(29-34)28-31-10-4-2-5-11-31/h2-7,10-13,16-21,26-27,30,34,40-42,50H,8-9,14-15,22-25,28-29H2,1H3,(H,48,56)(H,49,57)/t30?,34-,40-,41-,42+/m0/s1. The Morgan fingerprint density at radius 1 is 0.780 bits per heavy atom. The summed E-state index contributed by atoms with van der Waals surface area (Å²) in [4.78, 5) is 66.9. The number of anilines is 2. The highest BCUT2D eigenvalue weighted by atomic mass is 16.2. The summed E-state index contributed by atoms with van der Waals surface area (Å²) in [5.74, 6) is -1.37. The molecule has 4 amide bonds. The van der Waals surface area contributed by atoms with Gasteiger partial charge < -0.3 is 25.4 Å². The molecule has 1 aromatic heterocycles. The van der Waals surface area contributed by atoms with E-state index in [2.05, 4.69) is 42.7 Å². The molecule has 8 rings (SSSR count). The fourth-order valence-electron chi connectivity index (χ4n) is 9.02. The van der Waals surface area contributed by atoms with Crippen LogP contribution in [0.25, 0.3) is 32.6 Å². The van der Waals surface area contributed by atoms with Gasteiger partial charge in [0.1, 0.15) is 12.1 Å². The number of benzene rings is 4. The first-order valence-corrected chi connectivity index (χ1v) is 20.6. The average Bonchev–Trinajstić information content (AvgIpc) is 4.09. The lowest BCUT2D eigenvalue weighted by atomic mass is 9.91. The number of rotatable bonds is 12. The molecule has 3 fully saturated rings. The van der Waals surface area contributed by atoms with Crippen LogP contribution in [0.15, 0.2) is 114 Å². The molecule has 302 valence electrons. The van der Waals surface area contributed by atoms with Crippen molar-refractivity contribution in [3.63, 3.8) is 0 Å². The highest BCUT2D eigenvalue weighted by molar-refractivity contribution is 6.01. The number of hydrogen-bond acceptors (Lipinski definition) is 6. The zero-order chi connectivity index (χ0) is 40.9. The maximum absolute atomic E-state index is 13.9. The Balaban J connectivity index is 0.878. The first-order valence-electron chi connectivity index (χ1n) is 20.6. The number of nitrogens with one attached hydrogen (secondary N) is 3. The first-order chi connectivity index (χ1) is 28.7. The van der Waals surface area contributed by atoms with Crippen molar-refractivity contribution in [2.75, 3.05) is 36.8 Å². The summed E-state index contributed by atoms with van der Waals surface area (Å²) in [6, 6.07) is 33.1. The maximum atomic E-state index is 13.9. The van der Waals surface area contributed by atoms with E-state index in [1.807, 2.05) is 97.1 Å². The zero-order valence-corrected chi connectivity index (χ0v) is 33.2. The lowest BCUT2D eigenvalue weighted by Crippen LogP contribution is -2.46.